The molecule has 1 N–H and O–H groups in total. The van der Waals surface area contributed by atoms with E-state index in [4.69, 9.17) is 1.37 Å². The van der Waals surface area contributed by atoms with Crippen LogP contribution in [0.15, 0.2) is 78.8 Å². The number of benzene rings is 3. The van der Waals surface area contributed by atoms with Crippen LogP contribution < -0.4 is 0 Å². The van der Waals surface area contributed by atoms with Crippen LogP contribution in [0.2, 0.25) is 0 Å². The first-order chi connectivity index (χ1) is 9.74. The minimum absolute atomic E-state index is 0.141. The van der Waals surface area contributed by atoms with Gasteiger partial charge in [-0.15, -0.1) is 0 Å². The van der Waals surface area contributed by atoms with E-state index in [1.165, 1.54) is 6.07 Å². The summed E-state index contributed by atoms with van der Waals surface area (Å²) in [5, 5.41) is 9.99. The van der Waals surface area contributed by atoms with Crippen LogP contribution >= 0.6 is 0 Å². The molecule has 0 fully saturated rings. The molecule has 3 aromatic rings. The Bertz CT molecular complexity index is 735. The van der Waals surface area contributed by atoms with Gasteiger partial charge in [0.15, 0.2) is 0 Å². The molecule has 92 valence electrons. The van der Waals surface area contributed by atoms with Crippen LogP contribution in [0.4, 0.5) is 0 Å². The molecule has 0 heterocycles. The average molecular weight is 247 g/mol. The average Bonchev–Trinajstić information content (AvgIpc) is 2.48. The topological polar surface area (TPSA) is 20.2 Å². The summed E-state index contributed by atoms with van der Waals surface area (Å²) in [6.07, 6.45) is 0. The Labute approximate surface area is 114 Å². The summed E-state index contributed by atoms with van der Waals surface area (Å²) in [6.45, 7) is 0. The SMILES string of the molecule is [2H]c1ccc(-c2cccc(-c3ccccc3)c2)c(O)c1. The summed E-state index contributed by atoms with van der Waals surface area (Å²) in [4.78, 5) is 0. The van der Waals surface area contributed by atoms with Gasteiger partial charge in [-0.05, 0) is 28.8 Å². The lowest BCUT2D eigenvalue weighted by molar-refractivity contribution is 0.477. The van der Waals surface area contributed by atoms with Crippen molar-refractivity contribution in [2.24, 2.45) is 0 Å². The van der Waals surface area contributed by atoms with E-state index in [9.17, 15) is 5.11 Å². The number of aromatic hydroxyl groups is 1. The third-order valence-electron chi connectivity index (χ3n) is 3.12. The second-order valence-corrected chi connectivity index (χ2v) is 4.39. The Morgan fingerprint density at radius 3 is 2.21 bits per heavy atom. The molecule has 0 unspecified atom stereocenters. The molecule has 1 nitrogen and oxygen atoms in total. The third kappa shape index (κ3) is 2.36. The Morgan fingerprint density at radius 2 is 1.42 bits per heavy atom. The first-order valence-electron chi connectivity index (χ1n) is 6.69. The van der Waals surface area contributed by atoms with E-state index in [1.54, 1.807) is 12.1 Å². The quantitative estimate of drug-likeness (QED) is 0.694. The first kappa shape index (κ1) is 10.4. The molecule has 3 aromatic carbocycles. The van der Waals surface area contributed by atoms with Crippen molar-refractivity contribution in [1.29, 1.82) is 0 Å². The van der Waals surface area contributed by atoms with E-state index in [2.05, 4.69) is 18.2 Å². The van der Waals surface area contributed by atoms with Gasteiger partial charge in [-0.3, -0.25) is 0 Å². The van der Waals surface area contributed by atoms with Crippen molar-refractivity contribution in [2.45, 2.75) is 0 Å². The summed E-state index contributed by atoms with van der Waals surface area (Å²) in [5.74, 6) is 0.141. The van der Waals surface area contributed by atoms with Crippen molar-refractivity contribution in [3.05, 3.63) is 78.8 Å². The molecule has 0 saturated carbocycles. The molecule has 0 aliphatic rings. The van der Waals surface area contributed by atoms with E-state index >= 15 is 0 Å². The van der Waals surface area contributed by atoms with Crippen LogP contribution in [0.1, 0.15) is 1.37 Å². The number of phenols is 1. The van der Waals surface area contributed by atoms with Crippen LogP contribution in [0, 0.1) is 0 Å². The lowest BCUT2D eigenvalue weighted by Crippen LogP contribution is -1.81. The highest BCUT2D eigenvalue weighted by Crippen LogP contribution is 2.31. The zero-order valence-corrected chi connectivity index (χ0v) is 10.4. The summed E-state index contributed by atoms with van der Waals surface area (Å²) in [6, 6.07) is 23.4. The Kier molecular flexibility index (Phi) is 2.73. The van der Waals surface area contributed by atoms with Gasteiger partial charge in [0.1, 0.15) is 5.75 Å². The van der Waals surface area contributed by atoms with Crippen molar-refractivity contribution < 1.29 is 6.48 Å². The molecule has 0 aromatic heterocycles. The fourth-order valence-electron chi connectivity index (χ4n) is 2.16. The Morgan fingerprint density at radius 1 is 0.684 bits per heavy atom. The number of para-hydroxylation sites is 1. The van der Waals surface area contributed by atoms with Gasteiger partial charge in [0.05, 0.1) is 1.37 Å². The maximum atomic E-state index is 9.99. The predicted molar refractivity (Wildman–Crippen MR) is 79.0 cm³/mol. The lowest BCUT2D eigenvalue weighted by atomic mass is 9.99. The molecule has 0 bridgehead atoms. The molecule has 0 aliphatic heterocycles. The van der Waals surface area contributed by atoms with Crippen LogP contribution in [0.3, 0.4) is 0 Å². The zero-order chi connectivity index (χ0) is 13.9. The molecule has 0 aliphatic carbocycles. The normalized spacial score (nSPS) is 11.1. The largest absolute Gasteiger partial charge is 0.507 e. The van der Waals surface area contributed by atoms with Gasteiger partial charge in [0.2, 0.25) is 0 Å². The van der Waals surface area contributed by atoms with Crippen molar-refractivity contribution >= 4 is 0 Å². The van der Waals surface area contributed by atoms with Crippen molar-refractivity contribution in [2.75, 3.05) is 0 Å². The summed E-state index contributed by atoms with van der Waals surface area (Å²) < 4.78 is 7.51. The van der Waals surface area contributed by atoms with Gasteiger partial charge in [0, 0.05) is 5.56 Å². The third-order valence-corrected chi connectivity index (χ3v) is 3.12. The zero-order valence-electron chi connectivity index (χ0n) is 11.4. The molecule has 0 radical (unpaired) electrons. The van der Waals surface area contributed by atoms with E-state index in [-0.39, 0.29) is 5.75 Å². The molecule has 0 amide bonds. The fourth-order valence-corrected chi connectivity index (χ4v) is 2.16. The summed E-state index contributed by atoms with van der Waals surface area (Å²) in [7, 11) is 0. The molecule has 0 atom stereocenters. The Balaban J connectivity index is 2.08. The van der Waals surface area contributed by atoms with Crippen LogP contribution in [0.25, 0.3) is 22.3 Å². The van der Waals surface area contributed by atoms with Gasteiger partial charge in [-0.25, -0.2) is 0 Å². The van der Waals surface area contributed by atoms with Gasteiger partial charge < -0.3 is 5.11 Å². The van der Waals surface area contributed by atoms with Gasteiger partial charge in [-0.2, -0.15) is 0 Å². The standard InChI is InChI=1S/C18H14O/c19-18-12-5-4-11-17(18)16-10-6-9-15(13-16)14-7-2-1-3-8-14/h1-13,19H/i5D. The number of phenolic OH excluding ortho intramolecular Hbond substituents is 1. The smallest absolute Gasteiger partial charge is 0.123 e. The second kappa shape index (κ2) is 4.99. The highest BCUT2D eigenvalue weighted by molar-refractivity contribution is 5.76. The molecular weight excluding hydrogens is 232 g/mol. The molecule has 3 rings (SSSR count). The van der Waals surface area contributed by atoms with Crippen molar-refractivity contribution in [3.63, 3.8) is 0 Å². The maximum absolute atomic E-state index is 9.99. The molecule has 0 saturated heterocycles. The maximum Gasteiger partial charge on any atom is 0.123 e. The number of hydrogen-bond donors (Lipinski definition) is 1. The van der Waals surface area contributed by atoms with Crippen molar-refractivity contribution in [1.82, 2.24) is 0 Å². The summed E-state index contributed by atoms with van der Waals surface area (Å²) in [5.41, 5.74) is 3.95. The monoisotopic (exact) mass is 247 g/mol. The minimum Gasteiger partial charge on any atom is -0.507 e. The highest BCUT2D eigenvalue weighted by Gasteiger charge is 2.04. The fraction of sp³-hybridized carbons (Fsp3) is 0. The second-order valence-electron chi connectivity index (χ2n) is 4.39. The summed E-state index contributed by atoms with van der Waals surface area (Å²) >= 11 is 0. The van der Waals surface area contributed by atoms with Crippen LogP contribution in [0.5, 0.6) is 5.75 Å². The van der Waals surface area contributed by atoms with E-state index in [0.717, 1.165) is 22.3 Å². The molecular formula is C18H14O. The lowest BCUT2D eigenvalue weighted by Gasteiger charge is -2.07. The van der Waals surface area contributed by atoms with Gasteiger partial charge in [0.25, 0.3) is 0 Å². The number of rotatable bonds is 2. The van der Waals surface area contributed by atoms with E-state index in [0.29, 0.717) is 6.04 Å². The Hall–Kier alpha value is -2.54. The molecule has 1 heteroatoms. The molecule has 19 heavy (non-hydrogen) atoms. The van der Waals surface area contributed by atoms with Crippen molar-refractivity contribution in [3.8, 4) is 28.0 Å². The van der Waals surface area contributed by atoms with E-state index < -0.39 is 0 Å². The van der Waals surface area contributed by atoms with E-state index in [1.807, 2.05) is 36.4 Å². The number of hydrogen-bond acceptors (Lipinski definition) is 1. The molecule has 0 spiro atoms. The van der Waals surface area contributed by atoms with Crippen LogP contribution in [-0.2, 0) is 0 Å². The minimum atomic E-state index is 0.141. The predicted octanol–water partition coefficient (Wildman–Crippen LogP) is 4.73. The van der Waals surface area contributed by atoms with Crippen LogP contribution in [-0.4, -0.2) is 5.11 Å². The first-order valence-corrected chi connectivity index (χ1v) is 6.19. The highest BCUT2D eigenvalue weighted by atomic mass is 16.3. The van der Waals surface area contributed by atoms with Gasteiger partial charge in [-0.1, -0.05) is 66.7 Å². The van der Waals surface area contributed by atoms with Gasteiger partial charge >= 0.3 is 0 Å².